The van der Waals surface area contributed by atoms with Gasteiger partial charge >= 0.3 is 0 Å². The average Bonchev–Trinajstić information content (AvgIpc) is 2.70. The molecule has 3 nitrogen and oxygen atoms in total. The zero-order chi connectivity index (χ0) is 14.3. The second kappa shape index (κ2) is 5.38. The number of fused-ring (bicyclic) bond motifs is 1. The molecule has 0 aromatic heterocycles. The van der Waals surface area contributed by atoms with Crippen LogP contribution in [0, 0.1) is 6.92 Å². The molecule has 20 heavy (non-hydrogen) atoms. The molecule has 3 rings (SSSR count). The Bertz CT molecular complexity index is 496. The van der Waals surface area contributed by atoms with Crippen molar-refractivity contribution >= 4 is 0 Å². The zero-order valence-corrected chi connectivity index (χ0v) is 12.8. The highest BCUT2D eigenvalue weighted by molar-refractivity contribution is 5.51. The largest absolute Gasteiger partial charge is 0.508 e. The number of aromatic hydroxyl groups is 1. The van der Waals surface area contributed by atoms with Gasteiger partial charge in [0.2, 0.25) is 0 Å². The lowest BCUT2D eigenvalue weighted by atomic mass is 9.97. The Morgan fingerprint density at radius 1 is 1.30 bits per heavy atom. The molecule has 2 atom stereocenters. The van der Waals surface area contributed by atoms with Crippen LogP contribution in [0.4, 0.5) is 0 Å². The number of hydrogen-bond donors (Lipinski definition) is 2. The van der Waals surface area contributed by atoms with Crippen molar-refractivity contribution in [1.82, 2.24) is 10.2 Å². The van der Waals surface area contributed by atoms with Gasteiger partial charge in [-0.2, -0.15) is 0 Å². The summed E-state index contributed by atoms with van der Waals surface area (Å²) in [6.07, 6.45) is 2.31. The molecule has 2 N–H and O–H groups in total. The van der Waals surface area contributed by atoms with Crippen molar-refractivity contribution in [3.63, 3.8) is 0 Å². The van der Waals surface area contributed by atoms with Crippen LogP contribution in [-0.2, 0) is 0 Å². The van der Waals surface area contributed by atoms with Crippen LogP contribution < -0.4 is 5.32 Å². The third-order valence-corrected chi connectivity index (χ3v) is 5.00. The third kappa shape index (κ3) is 2.13. The second-order valence-corrected chi connectivity index (χ2v) is 6.43. The monoisotopic (exact) mass is 274 g/mol. The van der Waals surface area contributed by atoms with Crippen molar-refractivity contribution in [2.75, 3.05) is 19.6 Å². The van der Waals surface area contributed by atoms with Gasteiger partial charge in [-0.25, -0.2) is 0 Å². The first kappa shape index (κ1) is 13.9. The summed E-state index contributed by atoms with van der Waals surface area (Å²) in [4.78, 5) is 2.62. The minimum Gasteiger partial charge on any atom is -0.508 e. The number of phenolic OH excluding ortho intramolecular Hbond substituents is 1. The Morgan fingerprint density at radius 3 is 2.65 bits per heavy atom. The standard InChI is InChI=1S/C17H26N2O/c1-4-7-19(13-9-18-10-13)14-8-12(3)16-11(2)5-6-15(20)17(14)16/h5-6,12-14,18,20H,4,7-10H2,1-3H3. The molecule has 1 heterocycles. The van der Waals surface area contributed by atoms with E-state index in [2.05, 4.69) is 37.1 Å². The molecule has 110 valence electrons. The van der Waals surface area contributed by atoms with Gasteiger partial charge in [-0.3, -0.25) is 4.90 Å². The third-order valence-electron chi connectivity index (χ3n) is 5.00. The normalized spacial score (nSPS) is 25.8. The lowest BCUT2D eigenvalue weighted by Crippen LogP contribution is -2.57. The van der Waals surface area contributed by atoms with Crippen LogP contribution in [0.25, 0.3) is 0 Å². The lowest BCUT2D eigenvalue weighted by molar-refractivity contribution is 0.0912. The molecule has 3 heteroatoms. The summed E-state index contributed by atoms with van der Waals surface area (Å²) in [6, 6.07) is 4.97. The van der Waals surface area contributed by atoms with Crippen LogP contribution in [0.3, 0.4) is 0 Å². The number of hydrogen-bond acceptors (Lipinski definition) is 3. The lowest BCUT2D eigenvalue weighted by Gasteiger charge is -2.42. The van der Waals surface area contributed by atoms with E-state index in [0.717, 1.165) is 26.1 Å². The first-order chi connectivity index (χ1) is 9.63. The molecule has 0 spiro atoms. The summed E-state index contributed by atoms with van der Waals surface area (Å²) in [6.45, 7) is 10.0. The number of benzene rings is 1. The summed E-state index contributed by atoms with van der Waals surface area (Å²) in [7, 11) is 0. The topological polar surface area (TPSA) is 35.5 Å². The predicted octanol–water partition coefficient (Wildman–Crippen LogP) is 2.93. The van der Waals surface area contributed by atoms with E-state index >= 15 is 0 Å². The first-order valence-corrected chi connectivity index (χ1v) is 7.92. The van der Waals surface area contributed by atoms with E-state index in [0.29, 0.717) is 23.8 Å². The van der Waals surface area contributed by atoms with Gasteiger partial charge in [0.05, 0.1) is 0 Å². The number of nitrogens with zero attached hydrogens (tertiary/aromatic N) is 1. The molecule has 1 aromatic carbocycles. The Kier molecular flexibility index (Phi) is 3.74. The highest BCUT2D eigenvalue weighted by atomic mass is 16.3. The maximum Gasteiger partial charge on any atom is 0.120 e. The molecular formula is C17H26N2O. The van der Waals surface area contributed by atoms with Crippen molar-refractivity contribution < 1.29 is 5.11 Å². The van der Waals surface area contributed by atoms with Gasteiger partial charge in [-0.15, -0.1) is 0 Å². The van der Waals surface area contributed by atoms with Gasteiger partial charge in [-0.1, -0.05) is 19.9 Å². The molecule has 0 amide bonds. The van der Waals surface area contributed by atoms with Gasteiger partial charge in [0.15, 0.2) is 0 Å². The van der Waals surface area contributed by atoms with E-state index in [4.69, 9.17) is 0 Å². The fourth-order valence-corrected chi connectivity index (χ4v) is 3.97. The van der Waals surface area contributed by atoms with Gasteiger partial charge in [-0.05, 0) is 49.4 Å². The molecule has 0 radical (unpaired) electrons. The Hall–Kier alpha value is -1.06. The molecule has 1 aromatic rings. The smallest absolute Gasteiger partial charge is 0.120 e. The fraction of sp³-hybridized carbons (Fsp3) is 0.647. The summed E-state index contributed by atoms with van der Waals surface area (Å²) in [5.41, 5.74) is 3.93. The van der Waals surface area contributed by atoms with Gasteiger partial charge < -0.3 is 10.4 Å². The van der Waals surface area contributed by atoms with Crippen LogP contribution in [0.15, 0.2) is 12.1 Å². The highest BCUT2D eigenvalue weighted by Gasteiger charge is 2.39. The van der Waals surface area contributed by atoms with Gasteiger partial charge in [0.25, 0.3) is 0 Å². The van der Waals surface area contributed by atoms with Crippen molar-refractivity contribution in [2.24, 2.45) is 0 Å². The number of aryl methyl sites for hydroxylation is 1. The number of rotatable bonds is 4. The summed E-state index contributed by atoms with van der Waals surface area (Å²) in [5, 5.41) is 13.8. The van der Waals surface area contributed by atoms with Gasteiger partial charge in [0.1, 0.15) is 5.75 Å². The first-order valence-electron chi connectivity index (χ1n) is 7.92. The molecular weight excluding hydrogens is 248 g/mol. The van der Waals surface area contributed by atoms with Crippen molar-refractivity contribution in [1.29, 1.82) is 0 Å². The van der Waals surface area contributed by atoms with Crippen LogP contribution in [0.2, 0.25) is 0 Å². The fourth-order valence-electron chi connectivity index (χ4n) is 3.97. The molecule has 0 bridgehead atoms. The second-order valence-electron chi connectivity index (χ2n) is 6.43. The van der Waals surface area contributed by atoms with E-state index < -0.39 is 0 Å². The number of phenols is 1. The van der Waals surface area contributed by atoms with Gasteiger partial charge in [0, 0.05) is 30.7 Å². The average molecular weight is 274 g/mol. The maximum absolute atomic E-state index is 10.4. The van der Waals surface area contributed by atoms with Crippen molar-refractivity contribution in [2.45, 2.75) is 51.6 Å². The minimum absolute atomic E-state index is 0.395. The Balaban J connectivity index is 1.98. The van der Waals surface area contributed by atoms with Crippen LogP contribution in [0.5, 0.6) is 5.75 Å². The molecule has 1 aliphatic carbocycles. The summed E-state index contributed by atoms with van der Waals surface area (Å²) < 4.78 is 0. The molecule has 1 fully saturated rings. The Labute approximate surface area is 122 Å². The maximum atomic E-state index is 10.4. The number of nitrogens with one attached hydrogen (secondary N) is 1. The summed E-state index contributed by atoms with van der Waals surface area (Å²) in [5.74, 6) is 1.04. The minimum atomic E-state index is 0.395. The van der Waals surface area contributed by atoms with Crippen LogP contribution in [-0.4, -0.2) is 35.7 Å². The zero-order valence-electron chi connectivity index (χ0n) is 12.8. The molecule has 2 unspecified atom stereocenters. The van der Waals surface area contributed by atoms with Crippen LogP contribution >= 0.6 is 0 Å². The summed E-state index contributed by atoms with van der Waals surface area (Å²) >= 11 is 0. The van der Waals surface area contributed by atoms with Crippen molar-refractivity contribution in [3.05, 3.63) is 28.8 Å². The quantitative estimate of drug-likeness (QED) is 0.886. The molecule has 0 saturated carbocycles. The molecule has 1 aliphatic heterocycles. The molecule has 1 saturated heterocycles. The SMILES string of the molecule is CCCN(C1CNC1)C1CC(C)c2c(C)ccc(O)c21. The molecule has 2 aliphatic rings. The van der Waals surface area contributed by atoms with Crippen LogP contribution in [0.1, 0.15) is 55.3 Å². The van der Waals surface area contributed by atoms with E-state index in [9.17, 15) is 5.11 Å². The Morgan fingerprint density at radius 2 is 2.05 bits per heavy atom. The highest BCUT2D eigenvalue weighted by Crippen LogP contribution is 2.49. The predicted molar refractivity (Wildman–Crippen MR) is 82.3 cm³/mol. The van der Waals surface area contributed by atoms with Crippen molar-refractivity contribution in [3.8, 4) is 5.75 Å². The van der Waals surface area contributed by atoms with E-state index in [1.54, 1.807) is 0 Å². The van der Waals surface area contributed by atoms with E-state index in [-0.39, 0.29) is 0 Å². The van der Waals surface area contributed by atoms with E-state index in [1.807, 2.05) is 6.07 Å². The van der Waals surface area contributed by atoms with E-state index in [1.165, 1.54) is 23.1 Å².